The number of anilines is 1. The molecule has 2 unspecified atom stereocenters. The molecule has 0 spiro atoms. The lowest BCUT2D eigenvalue weighted by Gasteiger charge is -2.21. The summed E-state index contributed by atoms with van der Waals surface area (Å²) < 4.78 is 0. The molecule has 1 aliphatic carbocycles. The molecule has 24 heavy (non-hydrogen) atoms. The van der Waals surface area contributed by atoms with Crippen LogP contribution in [0.15, 0.2) is 18.2 Å². The van der Waals surface area contributed by atoms with E-state index in [1.165, 1.54) is 0 Å². The van der Waals surface area contributed by atoms with Crippen molar-refractivity contribution in [3.05, 3.63) is 39.6 Å². The molecule has 7 heteroatoms. The number of hydrogen-bond acceptors (Lipinski definition) is 5. The van der Waals surface area contributed by atoms with E-state index >= 15 is 0 Å². The summed E-state index contributed by atoms with van der Waals surface area (Å²) in [4.78, 5) is 11.2. The molecule has 122 valence electrons. The summed E-state index contributed by atoms with van der Waals surface area (Å²) in [6.45, 7) is 3.57. The standard InChI is InChI=1S/C17H15Cl2N5/c1-8-14(9-3-2-4-12(18)15(9)19)13(5-20)23-17(22-8)24-6-10-11(7-24)16(10)21/h2-4,10-11,16H,6-7,21H2,1H3. The van der Waals surface area contributed by atoms with Crippen molar-refractivity contribution in [1.29, 1.82) is 5.26 Å². The van der Waals surface area contributed by atoms with Crippen LogP contribution in [0.4, 0.5) is 5.95 Å². The van der Waals surface area contributed by atoms with Crippen LogP contribution in [0, 0.1) is 30.1 Å². The van der Waals surface area contributed by atoms with Gasteiger partial charge in [-0.2, -0.15) is 5.26 Å². The quantitative estimate of drug-likeness (QED) is 0.891. The Hall–Kier alpha value is -1.87. The molecule has 2 N–H and O–H groups in total. The molecular weight excluding hydrogens is 345 g/mol. The van der Waals surface area contributed by atoms with Gasteiger partial charge in [0, 0.05) is 30.3 Å². The van der Waals surface area contributed by atoms with Gasteiger partial charge in [0.1, 0.15) is 6.07 Å². The molecule has 2 aliphatic rings. The molecule has 2 aromatic rings. The van der Waals surface area contributed by atoms with E-state index in [0.29, 0.717) is 56.4 Å². The Morgan fingerprint density at radius 3 is 2.62 bits per heavy atom. The smallest absolute Gasteiger partial charge is 0.226 e. The number of halogens is 2. The molecule has 0 radical (unpaired) electrons. The Morgan fingerprint density at radius 2 is 1.96 bits per heavy atom. The van der Waals surface area contributed by atoms with Gasteiger partial charge in [-0.05, 0) is 24.8 Å². The van der Waals surface area contributed by atoms with Gasteiger partial charge in [-0.15, -0.1) is 0 Å². The lowest BCUT2D eigenvalue weighted by Crippen LogP contribution is -2.29. The molecule has 1 aromatic heterocycles. The van der Waals surface area contributed by atoms with Crippen LogP contribution in [0.2, 0.25) is 10.0 Å². The zero-order valence-corrected chi connectivity index (χ0v) is 14.5. The van der Waals surface area contributed by atoms with E-state index in [0.717, 1.165) is 13.1 Å². The Bertz CT molecular complexity index is 864. The van der Waals surface area contributed by atoms with Gasteiger partial charge in [0.15, 0.2) is 5.69 Å². The number of rotatable bonds is 2. The third kappa shape index (κ3) is 2.34. The van der Waals surface area contributed by atoms with Crippen molar-refractivity contribution in [2.45, 2.75) is 13.0 Å². The largest absolute Gasteiger partial charge is 0.340 e. The van der Waals surface area contributed by atoms with Gasteiger partial charge in [-0.25, -0.2) is 9.97 Å². The van der Waals surface area contributed by atoms with Crippen molar-refractivity contribution >= 4 is 29.2 Å². The van der Waals surface area contributed by atoms with Crippen molar-refractivity contribution in [2.75, 3.05) is 18.0 Å². The van der Waals surface area contributed by atoms with Crippen LogP contribution in [0.3, 0.4) is 0 Å². The van der Waals surface area contributed by atoms with E-state index in [9.17, 15) is 5.26 Å². The van der Waals surface area contributed by atoms with Gasteiger partial charge in [0.2, 0.25) is 5.95 Å². The molecule has 5 nitrogen and oxygen atoms in total. The summed E-state index contributed by atoms with van der Waals surface area (Å²) in [7, 11) is 0. The summed E-state index contributed by atoms with van der Waals surface area (Å²) in [5.74, 6) is 1.65. The number of hydrogen-bond donors (Lipinski definition) is 1. The summed E-state index contributed by atoms with van der Waals surface area (Å²) in [5.41, 5.74) is 8.32. The second kappa shape index (κ2) is 5.59. The Morgan fingerprint density at radius 1 is 1.25 bits per heavy atom. The average molecular weight is 360 g/mol. The molecule has 2 heterocycles. The number of aromatic nitrogens is 2. The zero-order valence-electron chi connectivity index (χ0n) is 13.0. The fraction of sp³-hybridized carbons (Fsp3) is 0.353. The minimum atomic E-state index is 0.308. The van der Waals surface area contributed by atoms with E-state index in [-0.39, 0.29) is 0 Å². The highest BCUT2D eigenvalue weighted by Crippen LogP contribution is 2.45. The normalized spacial score (nSPS) is 24.6. The van der Waals surface area contributed by atoms with Crippen LogP contribution in [-0.4, -0.2) is 29.1 Å². The number of aryl methyl sites for hydroxylation is 1. The maximum Gasteiger partial charge on any atom is 0.226 e. The molecule has 2 fully saturated rings. The van der Waals surface area contributed by atoms with E-state index in [4.69, 9.17) is 28.9 Å². The Labute approximate surface area is 150 Å². The minimum Gasteiger partial charge on any atom is -0.340 e. The number of nitrogens with two attached hydrogens (primary N) is 1. The number of nitriles is 1. The molecule has 1 aliphatic heterocycles. The van der Waals surface area contributed by atoms with Gasteiger partial charge in [0.05, 0.1) is 15.7 Å². The first-order chi connectivity index (χ1) is 11.5. The first kappa shape index (κ1) is 15.6. The van der Waals surface area contributed by atoms with E-state index < -0.39 is 0 Å². The molecular formula is C17H15Cl2N5. The van der Waals surface area contributed by atoms with E-state index in [1.54, 1.807) is 12.1 Å². The predicted molar refractivity (Wildman–Crippen MR) is 94.1 cm³/mol. The van der Waals surface area contributed by atoms with E-state index in [1.807, 2.05) is 13.0 Å². The first-order valence-corrected chi connectivity index (χ1v) is 8.50. The van der Waals surface area contributed by atoms with Crippen molar-refractivity contribution in [3.63, 3.8) is 0 Å². The lowest BCUT2D eigenvalue weighted by molar-refractivity contribution is 0.723. The fourth-order valence-corrected chi connectivity index (χ4v) is 3.93. The molecule has 1 saturated heterocycles. The monoisotopic (exact) mass is 359 g/mol. The lowest BCUT2D eigenvalue weighted by atomic mass is 10.0. The average Bonchev–Trinajstić information content (AvgIpc) is 2.98. The van der Waals surface area contributed by atoms with Crippen molar-refractivity contribution < 1.29 is 0 Å². The Kier molecular flexibility index (Phi) is 3.65. The third-order valence-electron chi connectivity index (χ3n) is 4.95. The number of benzene rings is 1. The van der Waals surface area contributed by atoms with Gasteiger partial charge in [0.25, 0.3) is 0 Å². The van der Waals surface area contributed by atoms with Crippen molar-refractivity contribution in [3.8, 4) is 17.2 Å². The molecule has 1 saturated carbocycles. The first-order valence-electron chi connectivity index (χ1n) is 7.75. The van der Waals surface area contributed by atoms with Gasteiger partial charge in [-0.1, -0.05) is 35.3 Å². The number of piperidine rings is 1. The molecule has 0 bridgehead atoms. The second-order valence-electron chi connectivity index (χ2n) is 6.36. The maximum atomic E-state index is 9.58. The van der Waals surface area contributed by atoms with Gasteiger partial charge in [-0.3, -0.25) is 0 Å². The van der Waals surface area contributed by atoms with Crippen LogP contribution >= 0.6 is 23.2 Å². The summed E-state index contributed by atoms with van der Waals surface area (Å²) in [6.07, 6.45) is 0. The fourth-order valence-electron chi connectivity index (χ4n) is 3.54. The number of fused-ring (bicyclic) bond motifs is 1. The summed E-state index contributed by atoms with van der Waals surface area (Å²) in [6, 6.07) is 7.82. The van der Waals surface area contributed by atoms with Crippen LogP contribution in [0.25, 0.3) is 11.1 Å². The van der Waals surface area contributed by atoms with Crippen LogP contribution in [0.1, 0.15) is 11.4 Å². The van der Waals surface area contributed by atoms with Crippen LogP contribution in [-0.2, 0) is 0 Å². The second-order valence-corrected chi connectivity index (χ2v) is 7.14. The summed E-state index contributed by atoms with van der Waals surface area (Å²) in [5, 5.41) is 10.4. The maximum absolute atomic E-state index is 9.58. The van der Waals surface area contributed by atoms with Gasteiger partial charge >= 0.3 is 0 Å². The highest BCUT2D eigenvalue weighted by atomic mass is 35.5. The topological polar surface area (TPSA) is 78.8 Å². The molecule has 2 atom stereocenters. The molecule has 1 aromatic carbocycles. The van der Waals surface area contributed by atoms with Crippen molar-refractivity contribution in [1.82, 2.24) is 9.97 Å². The SMILES string of the molecule is Cc1nc(N2CC3C(N)C3C2)nc(C#N)c1-c1cccc(Cl)c1Cl. The Balaban J connectivity index is 1.77. The highest BCUT2D eigenvalue weighted by Gasteiger charge is 2.54. The molecule has 4 rings (SSSR count). The predicted octanol–water partition coefficient (Wildman–Crippen LogP) is 3.02. The van der Waals surface area contributed by atoms with Gasteiger partial charge < -0.3 is 10.6 Å². The van der Waals surface area contributed by atoms with Crippen LogP contribution < -0.4 is 10.6 Å². The molecule has 0 amide bonds. The van der Waals surface area contributed by atoms with Crippen molar-refractivity contribution in [2.24, 2.45) is 17.6 Å². The third-order valence-corrected chi connectivity index (χ3v) is 5.77. The van der Waals surface area contributed by atoms with Crippen LogP contribution in [0.5, 0.6) is 0 Å². The summed E-state index contributed by atoms with van der Waals surface area (Å²) >= 11 is 12.4. The highest BCUT2D eigenvalue weighted by molar-refractivity contribution is 6.43. The number of nitrogens with zero attached hydrogens (tertiary/aromatic N) is 4. The minimum absolute atomic E-state index is 0.308. The van der Waals surface area contributed by atoms with E-state index in [2.05, 4.69) is 20.9 Å². The zero-order chi connectivity index (χ0) is 17.0.